The Morgan fingerprint density at radius 1 is 1.15 bits per heavy atom. The third-order valence-corrected chi connectivity index (χ3v) is 3.21. The van der Waals surface area contributed by atoms with E-state index in [0.717, 1.165) is 17.7 Å². The van der Waals surface area contributed by atoms with Gasteiger partial charge in [0.05, 0.1) is 10.2 Å². The van der Waals surface area contributed by atoms with E-state index < -0.39 is 17.7 Å². The van der Waals surface area contributed by atoms with Crippen LogP contribution >= 0.6 is 15.9 Å². The maximum absolute atomic E-state index is 13.6. The summed E-state index contributed by atoms with van der Waals surface area (Å²) in [5.74, 6) is -1.63. The second-order valence-corrected chi connectivity index (χ2v) is 4.70. The molecule has 0 saturated heterocycles. The number of carbonyl (C=O) groups is 1. The van der Waals surface area contributed by atoms with Gasteiger partial charge in [0.15, 0.2) is 5.82 Å². The highest BCUT2D eigenvalue weighted by Gasteiger charge is 2.13. The molecule has 1 amide bonds. The molecule has 6 heteroatoms. The van der Waals surface area contributed by atoms with Crippen LogP contribution in [0.3, 0.4) is 0 Å². The molecule has 0 radical (unpaired) electrons. The predicted molar refractivity (Wildman–Crippen MR) is 74.3 cm³/mol. The van der Waals surface area contributed by atoms with Crippen molar-refractivity contribution < 1.29 is 18.3 Å². The minimum absolute atomic E-state index is 0.0661. The number of benzene rings is 2. The van der Waals surface area contributed by atoms with Crippen molar-refractivity contribution >= 4 is 27.7 Å². The summed E-state index contributed by atoms with van der Waals surface area (Å²) in [6.45, 7) is 0.0661. The number of amides is 1. The first-order valence-corrected chi connectivity index (χ1v) is 6.48. The molecule has 0 aromatic heterocycles. The van der Waals surface area contributed by atoms with Crippen LogP contribution in [0.5, 0.6) is 0 Å². The Hall–Kier alpha value is -1.95. The molecule has 0 fully saturated rings. The molecule has 2 rings (SSSR count). The molecule has 0 aliphatic heterocycles. The average molecular weight is 342 g/mol. The molecular weight excluding hydrogens is 332 g/mol. The van der Waals surface area contributed by atoms with Gasteiger partial charge < -0.3 is 4.74 Å². The second kappa shape index (κ2) is 6.47. The zero-order chi connectivity index (χ0) is 14.5. The van der Waals surface area contributed by atoms with E-state index in [4.69, 9.17) is 4.74 Å². The Bertz CT molecular complexity index is 620. The monoisotopic (exact) mass is 341 g/mol. The fourth-order valence-electron chi connectivity index (χ4n) is 1.49. The first-order chi connectivity index (χ1) is 9.58. The van der Waals surface area contributed by atoms with Gasteiger partial charge in [-0.1, -0.05) is 30.3 Å². The lowest BCUT2D eigenvalue weighted by atomic mass is 10.2. The Morgan fingerprint density at radius 2 is 1.85 bits per heavy atom. The number of anilines is 1. The number of halogens is 3. The van der Waals surface area contributed by atoms with Gasteiger partial charge in [0.2, 0.25) is 0 Å². The van der Waals surface area contributed by atoms with Crippen molar-refractivity contribution in [1.29, 1.82) is 0 Å². The maximum Gasteiger partial charge on any atom is 0.412 e. The first kappa shape index (κ1) is 14.5. The fourth-order valence-corrected chi connectivity index (χ4v) is 1.84. The minimum atomic E-state index is -0.887. The van der Waals surface area contributed by atoms with Crippen LogP contribution in [0, 0.1) is 11.6 Å². The molecule has 2 aromatic rings. The number of hydrogen-bond acceptors (Lipinski definition) is 2. The molecule has 1 N–H and O–H groups in total. The van der Waals surface area contributed by atoms with Crippen LogP contribution in [0.4, 0.5) is 19.3 Å². The van der Waals surface area contributed by atoms with Crippen LogP contribution in [0.25, 0.3) is 0 Å². The predicted octanol–water partition coefficient (Wildman–Crippen LogP) is 4.48. The second-order valence-electron chi connectivity index (χ2n) is 3.91. The van der Waals surface area contributed by atoms with E-state index in [-0.39, 0.29) is 16.8 Å². The molecule has 0 aliphatic rings. The van der Waals surface area contributed by atoms with Crippen molar-refractivity contribution in [2.45, 2.75) is 6.61 Å². The quantitative estimate of drug-likeness (QED) is 0.836. The van der Waals surface area contributed by atoms with E-state index in [1.54, 1.807) is 12.1 Å². The van der Waals surface area contributed by atoms with Gasteiger partial charge in [-0.15, -0.1) is 0 Å². The standard InChI is InChI=1S/C14H10BrF2NO2/c15-12-10(16)6-7-11(13(12)17)18-14(19)20-8-9-4-2-1-3-5-9/h1-7H,8H2,(H,18,19). The lowest BCUT2D eigenvalue weighted by Gasteiger charge is -2.09. The van der Waals surface area contributed by atoms with E-state index >= 15 is 0 Å². The number of rotatable bonds is 3. The van der Waals surface area contributed by atoms with Gasteiger partial charge in [-0.05, 0) is 33.6 Å². The molecule has 0 heterocycles. The topological polar surface area (TPSA) is 38.3 Å². The number of hydrogen-bond donors (Lipinski definition) is 1. The van der Waals surface area contributed by atoms with Crippen LogP contribution in [0.15, 0.2) is 46.9 Å². The maximum atomic E-state index is 13.6. The molecule has 0 bridgehead atoms. The number of nitrogens with one attached hydrogen (secondary N) is 1. The van der Waals surface area contributed by atoms with Crippen LogP contribution in [-0.4, -0.2) is 6.09 Å². The first-order valence-electron chi connectivity index (χ1n) is 5.69. The van der Waals surface area contributed by atoms with E-state index in [2.05, 4.69) is 21.2 Å². The van der Waals surface area contributed by atoms with Crippen LogP contribution < -0.4 is 5.32 Å². The van der Waals surface area contributed by atoms with Crippen molar-refractivity contribution in [1.82, 2.24) is 0 Å². The number of carbonyl (C=O) groups excluding carboxylic acids is 1. The fraction of sp³-hybridized carbons (Fsp3) is 0.0714. The molecule has 0 aliphatic carbocycles. The normalized spacial score (nSPS) is 10.2. The lowest BCUT2D eigenvalue weighted by Crippen LogP contribution is -2.14. The Labute approximate surface area is 122 Å². The summed E-state index contributed by atoms with van der Waals surface area (Å²) in [5.41, 5.74) is 0.653. The molecule has 104 valence electrons. The molecule has 0 saturated carbocycles. The summed E-state index contributed by atoms with van der Waals surface area (Å²) < 4.78 is 31.3. The Balaban J connectivity index is 1.97. The molecule has 0 unspecified atom stereocenters. The molecule has 20 heavy (non-hydrogen) atoms. The summed E-state index contributed by atoms with van der Waals surface area (Å²) in [4.78, 5) is 11.5. The largest absolute Gasteiger partial charge is 0.444 e. The van der Waals surface area contributed by atoms with E-state index in [1.165, 1.54) is 0 Å². The zero-order valence-electron chi connectivity index (χ0n) is 10.2. The summed E-state index contributed by atoms with van der Waals surface area (Å²) >= 11 is 2.75. The third kappa shape index (κ3) is 3.54. The summed E-state index contributed by atoms with van der Waals surface area (Å²) in [6.07, 6.45) is -0.814. The van der Waals surface area contributed by atoms with Gasteiger partial charge in [0, 0.05) is 0 Å². The van der Waals surface area contributed by atoms with Crippen LogP contribution in [-0.2, 0) is 11.3 Å². The minimum Gasteiger partial charge on any atom is -0.444 e. The highest BCUT2D eigenvalue weighted by atomic mass is 79.9. The van der Waals surface area contributed by atoms with Crippen molar-refractivity contribution in [3.8, 4) is 0 Å². The van der Waals surface area contributed by atoms with Crippen LogP contribution in [0.1, 0.15) is 5.56 Å². The van der Waals surface area contributed by atoms with Crippen LogP contribution in [0.2, 0.25) is 0 Å². The average Bonchev–Trinajstić information content (AvgIpc) is 2.47. The van der Waals surface area contributed by atoms with Gasteiger partial charge in [0.1, 0.15) is 12.4 Å². The van der Waals surface area contributed by atoms with Gasteiger partial charge in [-0.25, -0.2) is 13.6 Å². The SMILES string of the molecule is O=C(Nc1ccc(F)c(Br)c1F)OCc1ccccc1. The molecule has 3 nitrogen and oxygen atoms in total. The Morgan fingerprint density at radius 3 is 2.55 bits per heavy atom. The zero-order valence-corrected chi connectivity index (χ0v) is 11.8. The molecule has 0 atom stereocenters. The van der Waals surface area contributed by atoms with Crippen molar-refractivity contribution in [3.05, 3.63) is 64.1 Å². The molecule has 0 spiro atoms. The highest BCUT2D eigenvalue weighted by molar-refractivity contribution is 9.10. The summed E-state index contributed by atoms with van der Waals surface area (Å²) in [7, 11) is 0. The third-order valence-electron chi connectivity index (χ3n) is 2.48. The summed E-state index contributed by atoms with van der Waals surface area (Å²) in [5, 5.41) is 2.22. The van der Waals surface area contributed by atoms with Crippen molar-refractivity contribution in [2.75, 3.05) is 5.32 Å². The van der Waals surface area contributed by atoms with E-state index in [0.29, 0.717) is 0 Å². The highest BCUT2D eigenvalue weighted by Crippen LogP contribution is 2.25. The van der Waals surface area contributed by atoms with Gasteiger partial charge in [0.25, 0.3) is 0 Å². The summed E-state index contributed by atoms with van der Waals surface area (Å²) in [6, 6.07) is 11.2. The van der Waals surface area contributed by atoms with Gasteiger partial charge in [-0.2, -0.15) is 0 Å². The Kier molecular flexibility index (Phi) is 4.68. The number of ether oxygens (including phenoxy) is 1. The van der Waals surface area contributed by atoms with E-state index in [1.807, 2.05) is 18.2 Å². The molecule has 2 aromatic carbocycles. The van der Waals surface area contributed by atoms with Crippen molar-refractivity contribution in [3.63, 3.8) is 0 Å². The van der Waals surface area contributed by atoms with E-state index in [9.17, 15) is 13.6 Å². The lowest BCUT2D eigenvalue weighted by molar-refractivity contribution is 0.155. The van der Waals surface area contributed by atoms with Crippen molar-refractivity contribution in [2.24, 2.45) is 0 Å². The molecular formula is C14H10BrF2NO2. The van der Waals surface area contributed by atoms with Gasteiger partial charge >= 0.3 is 6.09 Å². The van der Waals surface area contributed by atoms with Gasteiger partial charge in [-0.3, -0.25) is 5.32 Å². The smallest absolute Gasteiger partial charge is 0.412 e.